The molecule has 0 aliphatic rings. The number of nitrogens with two attached hydrogens (primary N) is 1. The van der Waals surface area contributed by atoms with E-state index in [0.717, 1.165) is 0 Å². The Labute approximate surface area is 64.3 Å². The molecule has 0 unspecified atom stereocenters. The summed E-state index contributed by atoms with van der Waals surface area (Å²) < 4.78 is 39.5. The second-order valence-electron chi connectivity index (χ2n) is 1.82. The van der Waals surface area contributed by atoms with Gasteiger partial charge >= 0.3 is 6.18 Å². The molecule has 0 radical (unpaired) electrons. The zero-order valence-electron chi connectivity index (χ0n) is 5.63. The maximum absolute atomic E-state index is 11.8. The Bertz CT molecular complexity index is 258. The fourth-order valence-electron chi connectivity index (χ4n) is 0.500. The maximum Gasteiger partial charge on any atom is 0.455 e. The van der Waals surface area contributed by atoms with Gasteiger partial charge in [0, 0.05) is 0 Å². The molecule has 0 amide bonds. The van der Waals surface area contributed by atoms with E-state index in [1.165, 1.54) is 0 Å². The first-order valence-corrected chi connectivity index (χ1v) is 2.75. The largest absolute Gasteiger partial charge is 0.455 e. The van der Waals surface area contributed by atoms with Gasteiger partial charge in [0.25, 0.3) is 11.7 Å². The zero-order valence-corrected chi connectivity index (χ0v) is 5.63. The van der Waals surface area contributed by atoms with Gasteiger partial charge in [0.1, 0.15) is 6.61 Å². The Kier molecular flexibility index (Phi) is 2.29. The molecule has 0 saturated heterocycles. The summed E-state index contributed by atoms with van der Waals surface area (Å²) in [5, 5.41) is 2.66. The van der Waals surface area contributed by atoms with E-state index in [-0.39, 0.29) is 12.5 Å². The van der Waals surface area contributed by atoms with Crippen molar-refractivity contribution in [3.8, 4) is 0 Å². The van der Waals surface area contributed by atoms with Gasteiger partial charge in [0.15, 0.2) is 0 Å². The van der Waals surface area contributed by atoms with Gasteiger partial charge in [-0.1, -0.05) is 5.16 Å². The molecule has 12 heavy (non-hydrogen) atoms. The molecule has 0 aliphatic carbocycles. The fraction of sp³-hybridized carbons (Fsp3) is 0.500. The van der Waals surface area contributed by atoms with E-state index < -0.39 is 12.0 Å². The third-order valence-electron chi connectivity index (χ3n) is 0.928. The van der Waals surface area contributed by atoms with Crippen molar-refractivity contribution in [1.82, 2.24) is 10.1 Å². The van der Waals surface area contributed by atoms with Crippen LogP contribution in [0.4, 0.5) is 13.2 Å². The molecule has 68 valence electrons. The molecule has 0 atom stereocenters. The van der Waals surface area contributed by atoms with E-state index >= 15 is 0 Å². The summed E-state index contributed by atoms with van der Waals surface area (Å²) in [6.45, 7) is -0.344. The molecule has 0 spiro atoms. The van der Waals surface area contributed by atoms with E-state index in [1.54, 1.807) is 0 Å². The highest BCUT2D eigenvalue weighted by atomic mass is 19.4. The van der Waals surface area contributed by atoms with Crippen molar-refractivity contribution in [2.24, 2.45) is 5.90 Å². The number of hydrogen-bond acceptors (Lipinski definition) is 5. The average molecular weight is 183 g/mol. The summed E-state index contributed by atoms with van der Waals surface area (Å²) in [5.74, 6) is 2.92. The summed E-state index contributed by atoms with van der Waals surface area (Å²) in [5.41, 5.74) is 0. The standard InChI is InChI=1S/C4H4F3N3O2/c5-4(6,7)3-9-2(1-11-8)12-10-3/h1,8H2. The van der Waals surface area contributed by atoms with Gasteiger partial charge < -0.3 is 4.52 Å². The van der Waals surface area contributed by atoms with E-state index in [1.807, 2.05) is 0 Å². The van der Waals surface area contributed by atoms with E-state index in [4.69, 9.17) is 0 Å². The Morgan fingerprint density at radius 3 is 2.58 bits per heavy atom. The summed E-state index contributed by atoms with van der Waals surface area (Å²) in [7, 11) is 0. The first-order valence-electron chi connectivity index (χ1n) is 2.75. The van der Waals surface area contributed by atoms with Crippen LogP contribution in [0.5, 0.6) is 0 Å². The number of aromatic nitrogens is 2. The molecule has 0 bridgehead atoms. The molecular formula is C4H4F3N3O2. The van der Waals surface area contributed by atoms with Crippen molar-refractivity contribution in [3.05, 3.63) is 11.7 Å². The molecule has 1 aromatic heterocycles. The van der Waals surface area contributed by atoms with Gasteiger partial charge in [-0.2, -0.15) is 18.2 Å². The van der Waals surface area contributed by atoms with Crippen molar-refractivity contribution in [2.75, 3.05) is 0 Å². The third-order valence-corrected chi connectivity index (χ3v) is 0.928. The third kappa shape index (κ3) is 1.92. The molecule has 8 heteroatoms. The van der Waals surface area contributed by atoms with Crippen LogP contribution < -0.4 is 5.90 Å². The average Bonchev–Trinajstić information content (AvgIpc) is 2.35. The van der Waals surface area contributed by atoms with Crippen LogP contribution in [0.3, 0.4) is 0 Å². The van der Waals surface area contributed by atoms with Crippen LogP contribution >= 0.6 is 0 Å². The molecule has 1 heterocycles. The van der Waals surface area contributed by atoms with Gasteiger partial charge in [0.2, 0.25) is 0 Å². The van der Waals surface area contributed by atoms with Gasteiger partial charge in [-0.05, 0) is 0 Å². The fourth-order valence-corrected chi connectivity index (χ4v) is 0.500. The number of rotatable bonds is 2. The van der Waals surface area contributed by atoms with Crippen molar-refractivity contribution < 1.29 is 22.5 Å². The summed E-state index contributed by atoms with van der Waals surface area (Å²) >= 11 is 0. The minimum Gasteiger partial charge on any atom is -0.336 e. The molecule has 0 saturated carbocycles. The normalized spacial score (nSPS) is 12.0. The van der Waals surface area contributed by atoms with Crippen LogP contribution in [0.1, 0.15) is 11.7 Å². The van der Waals surface area contributed by atoms with E-state index in [0.29, 0.717) is 0 Å². The van der Waals surface area contributed by atoms with E-state index in [2.05, 4.69) is 25.4 Å². The topological polar surface area (TPSA) is 74.2 Å². The van der Waals surface area contributed by atoms with Gasteiger partial charge in [-0.15, -0.1) is 0 Å². The second kappa shape index (κ2) is 3.07. The van der Waals surface area contributed by atoms with Crippen LogP contribution in [0.2, 0.25) is 0 Å². The Hall–Kier alpha value is -1.15. The molecule has 0 aliphatic heterocycles. The van der Waals surface area contributed by atoms with Crippen LogP contribution in [0.25, 0.3) is 0 Å². The zero-order chi connectivity index (χ0) is 9.19. The summed E-state index contributed by atoms with van der Waals surface area (Å²) in [6, 6.07) is 0. The van der Waals surface area contributed by atoms with Crippen molar-refractivity contribution in [2.45, 2.75) is 12.8 Å². The molecule has 2 N–H and O–H groups in total. The number of hydrogen-bond donors (Lipinski definition) is 1. The van der Waals surface area contributed by atoms with E-state index in [9.17, 15) is 13.2 Å². The lowest BCUT2D eigenvalue weighted by molar-refractivity contribution is -0.146. The van der Waals surface area contributed by atoms with Crippen LogP contribution in [-0.2, 0) is 17.6 Å². The monoisotopic (exact) mass is 183 g/mol. The molecule has 5 nitrogen and oxygen atoms in total. The number of halogens is 3. The minimum absolute atomic E-state index is 0.315. The lowest BCUT2D eigenvalue weighted by Crippen LogP contribution is -2.07. The minimum atomic E-state index is -4.60. The summed E-state index contributed by atoms with van der Waals surface area (Å²) in [6.07, 6.45) is -4.60. The lowest BCUT2D eigenvalue weighted by atomic mass is 10.6. The molecule has 0 aromatic carbocycles. The first-order chi connectivity index (χ1) is 5.54. The smallest absolute Gasteiger partial charge is 0.336 e. The second-order valence-corrected chi connectivity index (χ2v) is 1.82. The highest BCUT2D eigenvalue weighted by Gasteiger charge is 2.37. The number of alkyl halides is 3. The highest BCUT2D eigenvalue weighted by Crippen LogP contribution is 2.26. The predicted molar refractivity (Wildman–Crippen MR) is 28.3 cm³/mol. The summed E-state index contributed by atoms with van der Waals surface area (Å²) in [4.78, 5) is 6.95. The van der Waals surface area contributed by atoms with Gasteiger partial charge in [0.05, 0.1) is 0 Å². The Morgan fingerprint density at radius 1 is 1.50 bits per heavy atom. The molecule has 1 aromatic rings. The molecule has 0 fully saturated rings. The Morgan fingerprint density at radius 2 is 2.17 bits per heavy atom. The first kappa shape index (κ1) is 8.94. The Balaban J connectivity index is 2.77. The maximum atomic E-state index is 11.8. The predicted octanol–water partition coefficient (Wildman–Crippen LogP) is 0.479. The lowest BCUT2D eigenvalue weighted by Gasteiger charge is -1.95. The SMILES string of the molecule is NOCc1nc(C(F)(F)F)no1. The molecular weight excluding hydrogens is 179 g/mol. The molecule has 1 rings (SSSR count). The van der Waals surface area contributed by atoms with Crippen molar-refractivity contribution >= 4 is 0 Å². The van der Waals surface area contributed by atoms with Crippen LogP contribution in [-0.4, -0.2) is 10.1 Å². The van der Waals surface area contributed by atoms with Gasteiger partial charge in [-0.3, -0.25) is 4.84 Å². The quantitative estimate of drug-likeness (QED) is 0.675. The highest BCUT2D eigenvalue weighted by molar-refractivity contribution is 4.89. The number of nitrogens with zero attached hydrogens (tertiary/aromatic N) is 2. The van der Waals surface area contributed by atoms with Crippen LogP contribution in [0.15, 0.2) is 4.52 Å². The van der Waals surface area contributed by atoms with Crippen LogP contribution in [0, 0.1) is 0 Å². The van der Waals surface area contributed by atoms with Crippen molar-refractivity contribution in [1.29, 1.82) is 0 Å². The van der Waals surface area contributed by atoms with Crippen molar-refractivity contribution in [3.63, 3.8) is 0 Å². The van der Waals surface area contributed by atoms with Gasteiger partial charge in [-0.25, -0.2) is 5.90 Å².